The minimum Gasteiger partial charge on any atom is -0.479 e. The molecule has 0 bridgehead atoms. The Balaban J connectivity index is 1.83. The number of aliphatic hydroxyl groups is 8. The van der Waals surface area contributed by atoms with Crippen molar-refractivity contribution in [3.63, 3.8) is 0 Å². The Hall–Kier alpha value is -1.58. The van der Waals surface area contributed by atoms with E-state index in [0.29, 0.717) is 0 Å². The van der Waals surface area contributed by atoms with Gasteiger partial charge in [0, 0.05) is 0 Å². The first kappa shape index (κ1) is 27.0. The molecule has 0 spiro atoms. The van der Waals surface area contributed by atoms with E-state index in [1.54, 1.807) is 0 Å². The Labute approximate surface area is 189 Å². The third-order valence-electron chi connectivity index (χ3n) is 5.63. The number of carboxylic acids is 2. The van der Waals surface area contributed by atoms with Crippen LogP contribution in [0, 0.1) is 0 Å². The average Bonchev–Trinajstić information content (AvgIpc) is 2.77. The van der Waals surface area contributed by atoms with Crippen LogP contribution in [0.3, 0.4) is 0 Å². The van der Waals surface area contributed by atoms with Gasteiger partial charge in [-0.15, -0.1) is 0 Å². The van der Waals surface area contributed by atoms with E-state index in [4.69, 9.17) is 18.9 Å². The fraction of sp³-hybridized carbons (Fsp3) is 0.882. The Morgan fingerprint density at radius 2 is 1.21 bits per heavy atom. The molecule has 0 amide bonds. The van der Waals surface area contributed by atoms with Crippen LogP contribution >= 0.6 is 0 Å². The number of rotatable bonds is 6. The molecule has 17 heteroatoms. The van der Waals surface area contributed by atoms with Crippen molar-refractivity contribution in [1.82, 2.24) is 0 Å². The Kier molecular flexibility index (Phi) is 8.41. The zero-order chi connectivity index (χ0) is 25.5. The monoisotopic (exact) mass is 502 g/mol. The van der Waals surface area contributed by atoms with Crippen molar-refractivity contribution >= 4 is 11.9 Å². The second-order valence-corrected chi connectivity index (χ2v) is 7.96. The van der Waals surface area contributed by atoms with Gasteiger partial charge >= 0.3 is 11.9 Å². The van der Waals surface area contributed by atoms with E-state index in [2.05, 4.69) is 4.74 Å². The summed E-state index contributed by atoms with van der Waals surface area (Å²) in [5.74, 6) is -3.53. The number of ether oxygens (including phenoxy) is 5. The Bertz CT molecular complexity index is 735. The molecule has 10 N–H and O–H groups in total. The largest absolute Gasteiger partial charge is 0.479 e. The molecule has 3 fully saturated rings. The molecule has 0 saturated carbocycles. The lowest BCUT2D eigenvalue weighted by Gasteiger charge is -2.46. The smallest absolute Gasteiger partial charge is 0.335 e. The van der Waals surface area contributed by atoms with Crippen LogP contribution in [0.4, 0.5) is 0 Å². The zero-order valence-electron chi connectivity index (χ0n) is 17.1. The van der Waals surface area contributed by atoms with Crippen molar-refractivity contribution < 1.29 is 84.3 Å². The van der Waals surface area contributed by atoms with Gasteiger partial charge < -0.3 is 74.7 Å². The maximum atomic E-state index is 11.6. The molecule has 0 aromatic heterocycles. The minimum absolute atomic E-state index is 0.521. The molecule has 3 aliphatic heterocycles. The summed E-state index contributed by atoms with van der Waals surface area (Å²) in [5, 5.41) is 98.5. The number of carbonyl (C=O) groups is 2. The Morgan fingerprint density at radius 3 is 1.79 bits per heavy atom. The quantitative estimate of drug-likeness (QED) is 0.161. The van der Waals surface area contributed by atoms with Gasteiger partial charge in [0.15, 0.2) is 31.1 Å². The standard InChI is InChI=1S/C17H26O17/c18-2-1-30-16(6(22)3(2)19)32-9-7(23)11(13(25)26)34-17(8(9)24)33-10-4(20)5(21)15(29)31-12(10)14(27)28/h2-12,15-24,29H,1H2,(H,25,26)(H,27,28)/t2-,3+,4-,5-,6-,7-,8-,9+,10-,11+,12+,15?,16+,17+/m1/s1. The van der Waals surface area contributed by atoms with E-state index in [0.717, 1.165) is 0 Å². The number of carboxylic acid groups (broad SMARTS) is 2. The summed E-state index contributed by atoms with van der Waals surface area (Å²) in [5.41, 5.74) is 0. The van der Waals surface area contributed by atoms with Gasteiger partial charge in [-0.3, -0.25) is 0 Å². The van der Waals surface area contributed by atoms with Gasteiger partial charge in [-0.2, -0.15) is 0 Å². The topological polar surface area (TPSA) is 283 Å². The third-order valence-corrected chi connectivity index (χ3v) is 5.63. The lowest BCUT2D eigenvalue weighted by molar-refractivity contribution is -0.366. The van der Waals surface area contributed by atoms with Gasteiger partial charge in [0.1, 0.15) is 54.9 Å². The van der Waals surface area contributed by atoms with Gasteiger partial charge in [0.05, 0.1) is 6.61 Å². The van der Waals surface area contributed by atoms with Crippen LogP contribution in [0.15, 0.2) is 0 Å². The highest BCUT2D eigenvalue weighted by molar-refractivity contribution is 5.74. The summed E-state index contributed by atoms with van der Waals surface area (Å²) in [6.45, 7) is -0.521. The first-order valence-electron chi connectivity index (χ1n) is 9.98. The molecule has 14 atom stereocenters. The summed E-state index contributed by atoms with van der Waals surface area (Å²) in [7, 11) is 0. The molecule has 17 nitrogen and oxygen atoms in total. The molecule has 0 aromatic rings. The van der Waals surface area contributed by atoms with Crippen molar-refractivity contribution in [3.05, 3.63) is 0 Å². The van der Waals surface area contributed by atoms with Crippen LogP contribution in [-0.2, 0) is 33.3 Å². The molecular formula is C17H26O17. The summed E-state index contributed by atoms with van der Waals surface area (Å²) in [6, 6.07) is 0. The van der Waals surface area contributed by atoms with Crippen LogP contribution in [0.2, 0.25) is 0 Å². The number of aliphatic carboxylic acids is 2. The molecule has 34 heavy (non-hydrogen) atoms. The highest BCUT2D eigenvalue weighted by Gasteiger charge is 2.55. The van der Waals surface area contributed by atoms with E-state index in [-0.39, 0.29) is 0 Å². The molecular weight excluding hydrogens is 476 g/mol. The van der Waals surface area contributed by atoms with Gasteiger partial charge in [0.2, 0.25) is 0 Å². The first-order chi connectivity index (χ1) is 15.8. The second kappa shape index (κ2) is 10.6. The van der Waals surface area contributed by atoms with Crippen molar-refractivity contribution in [3.8, 4) is 0 Å². The van der Waals surface area contributed by atoms with Crippen molar-refractivity contribution in [2.24, 2.45) is 0 Å². The predicted octanol–water partition coefficient (Wildman–Crippen LogP) is -6.75. The van der Waals surface area contributed by atoms with Gasteiger partial charge in [-0.05, 0) is 0 Å². The summed E-state index contributed by atoms with van der Waals surface area (Å²) < 4.78 is 25.2. The molecule has 0 aromatic carbocycles. The van der Waals surface area contributed by atoms with Crippen LogP contribution in [-0.4, -0.2) is 156 Å². The predicted molar refractivity (Wildman–Crippen MR) is 96.3 cm³/mol. The normalized spacial score (nSPS) is 50.0. The van der Waals surface area contributed by atoms with Crippen LogP contribution < -0.4 is 0 Å². The summed E-state index contributed by atoms with van der Waals surface area (Å²) in [4.78, 5) is 23.0. The van der Waals surface area contributed by atoms with Crippen molar-refractivity contribution in [2.45, 2.75) is 86.0 Å². The summed E-state index contributed by atoms with van der Waals surface area (Å²) in [6.07, 6.45) is -27.6. The van der Waals surface area contributed by atoms with Crippen LogP contribution in [0.1, 0.15) is 0 Å². The maximum absolute atomic E-state index is 11.6. The second-order valence-electron chi connectivity index (χ2n) is 7.96. The number of aliphatic hydroxyl groups excluding tert-OH is 8. The highest BCUT2D eigenvalue weighted by Crippen LogP contribution is 2.31. The van der Waals surface area contributed by atoms with Gasteiger partial charge in [-0.25, -0.2) is 9.59 Å². The van der Waals surface area contributed by atoms with Crippen LogP contribution in [0.25, 0.3) is 0 Å². The average molecular weight is 502 g/mol. The lowest BCUT2D eigenvalue weighted by Crippen LogP contribution is -2.67. The first-order valence-corrected chi connectivity index (χ1v) is 9.98. The lowest BCUT2D eigenvalue weighted by atomic mass is 9.96. The molecule has 0 radical (unpaired) electrons. The molecule has 3 saturated heterocycles. The SMILES string of the molecule is O=C(O)[C@H]1O[C@H](O[C@@H]2[C@H](O)[C@@H](O)C(O)O[C@@H]2C(=O)O)[C@H](O)[C@@H](O[C@@H]2OC[C@@H](O)[C@H](O)[C@H]2O)[C@H]1O. The van der Waals surface area contributed by atoms with E-state index in [1.807, 2.05) is 0 Å². The fourth-order valence-electron chi connectivity index (χ4n) is 3.72. The highest BCUT2D eigenvalue weighted by atomic mass is 16.7. The van der Waals surface area contributed by atoms with E-state index in [9.17, 15) is 60.7 Å². The zero-order valence-corrected chi connectivity index (χ0v) is 17.1. The fourth-order valence-corrected chi connectivity index (χ4v) is 3.72. The van der Waals surface area contributed by atoms with Crippen molar-refractivity contribution in [1.29, 1.82) is 0 Å². The van der Waals surface area contributed by atoms with Crippen molar-refractivity contribution in [2.75, 3.05) is 6.61 Å². The van der Waals surface area contributed by atoms with E-state index in [1.165, 1.54) is 0 Å². The molecule has 0 aliphatic carbocycles. The summed E-state index contributed by atoms with van der Waals surface area (Å²) >= 11 is 0. The number of hydrogen-bond acceptors (Lipinski definition) is 15. The van der Waals surface area contributed by atoms with Gasteiger partial charge in [-0.1, -0.05) is 0 Å². The van der Waals surface area contributed by atoms with Gasteiger partial charge in [0.25, 0.3) is 0 Å². The molecule has 196 valence electrons. The molecule has 3 rings (SSSR count). The van der Waals surface area contributed by atoms with E-state index < -0.39 is 105 Å². The molecule has 3 aliphatic rings. The maximum Gasteiger partial charge on any atom is 0.335 e. The van der Waals surface area contributed by atoms with Crippen LogP contribution in [0.5, 0.6) is 0 Å². The molecule has 1 unspecified atom stereocenters. The third kappa shape index (κ3) is 5.16. The minimum atomic E-state index is -2.14. The van der Waals surface area contributed by atoms with E-state index >= 15 is 0 Å². The Morgan fingerprint density at radius 1 is 0.618 bits per heavy atom. The molecule has 3 heterocycles. The number of hydrogen-bond donors (Lipinski definition) is 10.